The van der Waals surface area contributed by atoms with Gasteiger partial charge in [0.25, 0.3) is 0 Å². The maximum absolute atomic E-state index is 11.1. The number of hydrogen-bond donors (Lipinski definition) is 2. The third-order valence-corrected chi connectivity index (χ3v) is 2.18. The summed E-state index contributed by atoms with van der Waals surface area (Å²) in [7, 11) is 1.59. The van der Waals surface area contributed by atoms with Crippen LogP contribution in [0.15, 0.2) is 0 Å². The van der Waals surface area contributed by atoms with Crippen molar-refractivity contribution in [2.75, 3.05) is 7.11 Å². The number of ether oxygens (including phenoxy) is 1. The van der Waals surface area contributed by atoms with E-state index in [-0.39, 0.29) is 12.1 Å². The van der Waals surface area contributed by atoms with Gasteiger partial charge in [-0.2, -0.15) is 0 Å². The van der Waals surface area contributed by atoms with Crippen LogP contribution in [0.5, 0.6) is 0 Å². The van der Waals surface area contributed by atoms with Crippen LogP contribution in [-0.2, 0) is 9.53 Å². The Morgan fingerprint density at radius 3 is 2.29 bits per heavy atom. The molecule has 0 rings (SSSR count). The average Bonchev–Trinajstić information content (AvgIpc) is 2.02. The molecule has 0 bridgehead atoms. The molecule has 0 aliphatic rings. The van der Waals surface area contributed by atoms with Crippen LogP contribution < -0.4 is 5.32 Å². The quantitative estimate of drug-likeness (QED) is 0.682. The van der Waals surface area contributed by atoms with E-state index < -0.39 is 11.5 Å². The van der Waals surface area contributed by atoms with E-state index in [1.807, 2.05) is 20.8 Å². The van der Waals surface area contributed by atoms with Crippen molar-refractivity contribution in [1.29, 1.82) is 0 Å². The van der Waals surface area contributed by atoms with Crippen LogP contribution in [0.25, 0.3) is 0 Å². The third-order valence-electron chi connectivity index (χ3n) is 2.18. The molecule has 4 nitrogen and oxygen atoms in total. The van der Waals surface area contributed by atoms with Gasteiger partial charge in [-0.05, 0) is 27.7 Å². The Morgan fingerprint density at radius 1 is 1.50 bits per heavy atom. The van der Waals surface area contributed by atoms with E-state index in [1.54, 1.807) is 14.0 Å². The molecule has 2 atom stereocenters. The second-order valence-corrected chi connectivity index (χ2v) is 4.19. The fourth-order valence-corrected chi connectivity index (χ4v) is 1.50. The van der Waals surface area contributed by atoms with E-state index in [0.29, 0.717) is 6.42 Å². The molecule has 0 aromatic rings. The van der Waals surface area contributed by atoms with Gasteiger partial charge in [0.2, 0.25) is 0 Å². The van der Waals surface area contributed by atoms with Gasteiger partial charge in [-0.25, -0.2) is 0 Å². The fourth-order valence-electron chi connectivity index (χ4n) is 1.50. The molecule has 0 aromatic carbocycles. The van der Waals surface area contributed by atoms with Crippen molar-refractivity contribution in [2.45, 2.75) is 51.8 Å². The van der Waals surface area contributed by atoms with Crippen molar-refractivity contribution in [3.05, 3.63) is 0 Å². The van der Waals surface area contributed by atoms with Crippen LogP contribution in [0.2, 0.25) is 0 Å². The van der Waals surface area contributed by atoms with Gasteiger partial charge in [-0.15, -0.1) is 0 Å². The van der Waals surface area contributed by atoms with Crippen LogP contribution in [0.1, 0.15) is 34.1 Å². The Balaban J connectivity index is 4.47. The summed E-state index contributed by atoms with van der Waals surface area (Å²) in [5, 5.41) is 12.1. The molecule has 2 unspecified atom stereocenters. The minimum Gasteiger partial charge on any atom is -0.480 e. The topological polar surface area (TPSA) is 58.6 Å². The highest BCUT2D eigenvalue weighted by Crippen LogP contribution is 2.15. The molecule has 2 N–H and O–H groups in total. The van der Waals surface area contributed by atoms with E-state index in [2.05, 4.69) is 5.32 Å². The van der Waals surface area contributed by atoms with Crippen molar-refractivity contribution in [3.8, 4) is 0 Å². The Hall–Kier alpha value is -0.610. The first kappa shape index (κ1) is 13.4. The molecule has 0 saturated heterocycles. The zero-order chi connectivity index (χ0) is 11.4. The highest BCUT2D eigenvalue weighted by atomic mass is 16.5. The molecular formula is C10H21NO3. The van der Waals surface area contributed by atoms with Crippen LogP contribution >= 0.6 is 0 Å². The molecule has 14 heavy (non-hydrogen) atoms. The van der Waals surface area contributed by atoms with Crippen molar-refractivity contribution < 1.29 is 14.6 Å². The molecule has 0 aromatic heterocycles. The summed E-state index contributed by atoms with van der Waals surface area (Å²) in [6, 6.07) is 0.139. The molecular weight excluding hydrogens is 182 g/mol. The second kappa shape index (κ2) is 5.32. The number of hydrogen-bond acceptors (Lipinski definition) is 3. The zero-order valence-corrected chi connectivity index (χ0v) is 9.63. The Kier molecular flexibility index (Phi) is 5.08. The van der Waals surface area contributed by atoms with Crippen LogP contribution in [0.3, 0.4) is 0 Å². The minimum atomic E-state index is -0.913. The van der Waals surface area contributed by atoms with Crippen LogP contribution in [-0.4, -0.2) is 35.9 Å². The summed E-state index contributed by atoms with van der Waals surface area (Å²) < 4.78 is 5.07. The summed E-state index contributed by atoms with van der Waals surface area (Å²) in [6.45, 7) is 7.41. The van der Waals surface area contributed by atoms with E-state index >= 15 is 0 Å². The number of carboxylic acid groups (broad SMARTS) is 1. The van der Waals surface area contributed by atoms with Gasteiger partial charge in [-0.3, -0.25) is 10.1 Å². The molecule has 0 amide bonds. The normalized spacial score (nSPS) is 17.9. The fraction of sp³-hybridized carbons (Fsp3) is 0.900. The number of methoxy groups -OCH3 is 1. The van der Waals surface area contributed by atoms with Gasteiger partial charge in [-0.1, -0.05) is 0 Å². The Morgan fingerprint density at radius 2 is 2.00 bits per heavy atom. The monoisotopic (exact) mass is 203 g/mol. The molecule has 0 spiro atoms. The molecule has 0 heterocycles. The van der Waals surface area contributed by atoms with Crippen LogP contribution in [0.4, 0.5) is 0 Å². The van der Waals surface area contributed by atoms with Crippen LogP contribution in [0, 0.1) is 0 Å². The average molecular weight is 203 g/mol. The predicted molar refractivity (Wildman–Crippen MR) is 55.4 cm³/mol. The smallest absolute Gasteiger partial charge is 0.323 e. The van der Waals surface area contributed by atoms with Crippen molar-refractivity contribution in [2.24, 2.45) is 0 Å². The lowest BCUT2D eigenvalue weighted by atomic mass is 9.94. The molecule has 0 aliphatic carbocycles. The van der Waals surface area contributed by atoms with Crippen molar-refractivity contribution >= 4 is 5.97 Å². The number of rotatable bonds is 6. The zero-order valence-electron chi connectivity index (χ0n) is 9.63. The third kappa shape index (κ3) is 4.07. The van der Waals surface area contributed by atoms with Gasteiger partial charge in [0.05, 0.1) is 6.10 Å². The number of carboxylic acids is 1. The summed E-state index contributed by atoms with van der Waals surface area (Å²) >= 11 is 0. The molecule has 84 valence electrons. The summed E-state index contributed by atoms with van der Waals surface area (Å²) in [5.74, 6) is -0.838. The predicted octanol–water partition coefficient (Wildman–Crippen LogP) is 1.25. The van der Waals surface area contributed by atoms with Gasteiger partial charge in [0.1, 0.15) is 5.54 Å². The standard InChI is InChI=1S/C10H21NO3/c1-7(2)11-10(4,9(12)13)6-8(3)14-5/h7-8,11H,6H2,1-5H3,(H,12,13). The molecule has 0 radical (unpaired) electrons. The molecule has 0 aliphatic heterocycles. The highest BCUT2D eigenvalue weighted by Gasteiger charge is 2.34. The first-order valence-electron chi connectivity index (χ1n) is 4.85. The van der Waals surface area contributed by atoms with Gasteiger partial charge < -0.3 is 9.84 Å². The summed E-state index contributed by atoms with van der Waals surface area (Å²) in [5.41, 5.74) is -0.913. The van der Waals surface area contributed by atoms with Gasteiger partial charge in [0, 0.05) is 19.6 Å². The van der Waals surface area contributed by atoms with E-state index in [9.17, 15) is 4.79 Å². The lowest BCUT2D eigenvalue weighted by molar-refractivity contribution is -0.146. The minimum absolute atomic E-state index is 0.0673. The maximum atomic E-state index is 11.1. The van der Waals surface area contributed by atoms with Crippen molar-refractivity contribution in [3.63, 3.8) is 0 Å². The van der Waals surface area contributed by atoms with E-state index in [0.717, 1.165) is 0 Å². The van der Waals surface area contributed by atoms with E-state index in [1.165, 1.54) is 0 Å². The first-order valence-corrected chi connectivity index (χ1v) is 4.85. The van der Waals surface area contributed by atoms with E-state index in [4.69, 9.17) is 9.84 Å². The highest BCUT2D eigenvalue weighted by molar-refractivity contribution is 5.78. The van der Waals surface area contributed by atoms with Gasteiger partial charge in [0.15, 0.2) is 0 Å². The molecule has 0 saturated carbocycles. The molecule has 0 fully saturated rings. The number of carbonyl (C=O) groups is 1. The number of nitrogens with one attached hydrogen (secondary N) is 1. The Labute approximate surface area is 85.6 Å². The summed E-state index contributed by atoms with van der Waals surface area (Å²) in [4.78, 5) is 11.1. The molecule has 4 heteroatoms. The number of aliphatic carboxylic acids is 1. The largest absolute Gasteiger partial charge is 0.480 e. The van der Waals surface area contributed by atoms with Crippen molar-refractivity contribution in [1.82, 2.24) is 5.32 Å². The maximum Gasteiger partial charge on any atom is 0.323 e. The lowest BCUT2D eigenvalue weighted by Gasteiger charge is -2.30. The SMILES string of the molecule is COC(C)CC(C)(NC(C)C)C(=O)O. The Bertz CT molecular complexity index is 194. The van der Waals surface area contributed by atoms with Gasteiger partial charge >= 0.3 is 5.97 Å². The summed E-state index contributed by atoms with van der Waals surface area (Å²) in [6.07, 6.45) is 0.388. The second-order valence-electron chi connectivity index (χ2n) is 4.19. The first-order chi connectivity index (χ1) is 6.31. The lowest BCUT2D eigenvalue weighted by Crippen LogP contribution is -2.54.